The van der Waals surface area contributed by atoms with Gasteiger partial charge in [0.25, 0.3) is 0 Å². The summed E-state index contributed by atoms with van der Waals surface area (Å²) in [7, 11) is 0. The molecular formula is C13H24N2O4S. The average Bonchev–Trinajstić information content (AvgIpc) is 2.23. The van der Waals surface area contributed by atoms with Gasteiger partial charge in [-0.05, 0) is 47.0 Å². The number of carboxylic acids is 1. The summed E-state index contributed by atoms with van der Waals surface area (Å²) >= 11 is 4.87. The number of carbonyl (C=O) groups excluding carboxylic acids is 1. The van der Waals surface area contributed by atoms with Crippen molar-refractivity contribution in [3.05, 3.63) is 0 Å². The number of ether oxygens (including phenoxy) is 1. The van der Waals surface area contributed by atoms with Crippen LogP contribution in [-0.4, -0.2) is 40.3 Å². The maximum atomic E-state index is 11.5. The summed E-state index contributed by atoms with van der Waals surface area (Å²) in [6, 6.07) is -0.932. The summed E-state index contributed by atoms with van der Waals surface area (Å²) in [5, 5.41) is 14.4. The highest BCUT2D eigenvalue weighted by molar-refractivity contribution is 7.80. The number of alkyl carbamates (subject to hydrolysis) is 1. The third-order valence-corrected chi connectivity index (χ3v) is 2.43. The summed E-state index contributed by atoms with van der Waals surface area (Å²) in [5.74, 6) is -1.06. The van der Waals surface area contributed by atoms with E-state index in [0.717, 1.165) is 6.42 Å². The van der Waals surface area contributed by atoms with Crippen LogP contribution in [0.5, 0.6) is 0 Å². The van der Waals surface area contributed by atoms with Crippen molar-refractivity contribution in [2.75, 3.05) is 6.54 Å². The maximum absolute atomic E-state index is 11.5. The highest BCUT2D eigenvalue weighted by Crippen LogP contribution is 2.08. The lowest BCUT2D eigenvalue weighted by Crippen LogP contribution is -2.43. The first-order chi connectivity index (χ1) is 9.11. The number of hydrogen-bond acceptors (Lipinski definition) is 4. The van der Waals surface area contributed by atoms with E-state index in [4.69, 9.17) is 22.1 Å². The molecule has 20 heavy (non-hydrogen) atoms. The van der Waals surface area contributed by atoms with Gasteiger partial charge in [0, 0.05) is 6.54 Å². The average molecular weight is 304 g/mol. The van der Waals surface area contributed by atoms with Gasteiger partial charge in [0.2, 0.25) is 0 Å². The van der Waals surface area contributed by atoms with Gasteiger partial charge in [0.1, 0.15) is 11.6 Å². The molecule has 0 rings (SSSR count). The lowest BCUT2D eigenvalue weighted by Gasteiger charge is -2.22. The first kappa shape index (κ1) is 18.6. The normalized spacial score (nSPS) is 12.4. The minimum Gasteiger partial charge on any atom is -0.480 e. The van der Waals surface area contributed by atoms with Crippen molar-refractivity contribution in [1.82, 2.24) is 10.6 Å². The Bertz CT molecular complexity index is 353. The molecule has 0 aromatic heterocycles. The molecule has 1 atom stereocenters. The van der Waals surface area contributed by atoms with Crippen molar-refractivity contribution < 1.29 is 19.4 Å². The van der Waals surface area contributed by atoms with E-state index in [1.165, 1.54) is 0 Å². The predicted molar refractivity (Wildman–Crippen MR) is 80.9 cm³/mol. The summed E-state index contributed by atoms with van der Waals surface area (Å²) in [4.78, 5) is 23.3. The van der Waals surface area contributed by atoms with E-state index in [9.17, 15) is 9.59 Å². The first-order valence-corrected chi connectivity index (χ1v) is 6.99. The number of thiocarbonyl (C=S) groups is 1. The second-order valence-corrected chi connectivity index (χ2v) is 6.13. The number of rotatable bonds is 7. The van der Waals surface area contributed by atoms with Crippen LogP contribution in [0.3, 0.4) is 0 Å². The molecule has 0 aromatic rings. The molecule has 0 radical (unpaired) electrons. The predicted octanol–water partition coefficient (Wildman–Crippen LogP) is 2.07. The van der Waals surface area contributed by atoms with Gasteiger partial charge in [-0.25, -0.2) is 9.59 Å². The summed E-state index contributed by atoms with van der Waals surface area (Å²) in [5.41, 5.74) is -0.645. The molecule has 0 aliphatic carbocycles. The van der Waals surface area contributed by atoms with Crippen LogP contribution in [0.2, 0.25) is 0 Å². The molecule has 0 aromatic carbocycles. The number of carboxylic acid groups (broad SMARTS) is 1. The van der Waals surface area contributed by atoms with Gasteiger partial charge in [-0.3, -0.25) is 0 Å². The fraction of sp³-hybridized carbons (Fsp3) is 0.769. The lowest BCUT2D eigenvalue weighted by molar-refractivity contribution is -0.139. The monoisotopic (exact) mass is 304 g/mol. The molecule has 0 spiro atoms. The third kappa shape index (κ3) is 10.5. The molecule has 116 valence electrons. The van der Waals surface area contributed by atoms with Crippen LogP contribution in [0.4, 0.5) is 4.79 Å². The van der Waals surface area contributed by atoms with Gasteiger partial charge in [0.15, 0.2) is 0 Å². The van der Waals surface area contributed by atoms with Crippen LogP contribution in [-0.2, 0) is 9.53 Å². The smallest absolute Gasteiger partial charge is 0.408 e. The van der Waals surface area contributed by atoms with Crippen LogP contribution in [0.1, 0.15) is 47.0 Å². The maximum Gasteiger partial charge on any atom is 0.408 e. The van der Waals surface area contributed by atoms with E-state index < -0.39 is 23.7 Å². The molecule has 0 fully saturated rings. The van der Waals surface area contributed by atoms with Crippen molar-refractivity contribution in [3.8, 4) is 0 Å². The molecular weight excluding hydrogens is 280 g/mol. The van der Waals surface area contributed by atoms with Gasteiger partial charge in [-0.1, -0.05) is 12.2 Å². The fourth-order valence-electron chi connectivity index (χ4n) is 1.45. The zero-order chi connectivity index (χ0) is 15.8. The van der Waals surface area contributed by atoms with Gasteiger partial charge in [-0.2, -0.15) is 0 Å². The largest absolute Gasteiger partial charge is 0.480 e. The quantitative estimate of drug-likeness (QED) is 0.493. The molecule has 6 nitrogen and oxygen atoms in total. The van der Waals surface area contributed by atoms with E-state index in [1.807, 2.05) is 0 Å². The summed E-state index contributed by atoms with van der Waals surface area (Å²) < 4.78 is 5.03. The third-order valence-electron chi connectivity index (χ3n) is 2.28. The number of aliphatic carboxylic acids is 1. The Labute approximate surface area is 125 Å². The number of carbonyl (C=O) groups is 2. The van der Waals surface area contributed by atoms with E-state index in [-0.39, 0.29) is 0 Å². The SMILES string of the molecule is CC(=S)NCCCC[C@H](NC(=O)OC(C)(C)C)C(=O)O. The molecule has 0 bridgehead atoms. The van der Waals surface area contributed by atoms with Crippen LogP contribution in [0.25, 0.3) is 0 Å². The lowest BCUT2D eigenvalue weighted by atomic mass is 10.1. The Kier molecular flexibility index (Phi) is 8.13. The van der Waals surface area contributed by atoms with Gasteiger partial charge >= 0.3 is 12.1 Å². The second-order valence-electron chi connectivity index (χ2n) is 5.52. The molecule has 0 saturated carbocycles. The minimum atomic E-state index is -1.06. The van der Waals surface area contributed by atoms with Crippen LogP contribution < -0.4 is 10.6 Å². The Morgan fingerprint density at radius 2 is 1.90 bits per heavy atom. The first-order valence-electron chi connectivity index (χ1n) is 6.58. The molecule has 0 saturated heterocycles. The molecule has 0 unspecified atom stereocenters. The molecule has 0 heterocycles. The van der Waals surface area contributed by atoms with E-state index in [1.54, 1.807) is 27.7 Å². The molecule has 0 aliphatic rings. The van der Waals surface area contributed by atoms with Crippen molar-refractivity contribution in [3.63, 3.8) is 0 Å². The van der Waals surface area contributed by atoms with E-state index in [0.29, 0.717) is 24.4 Å². The summed E-state index contributed by atoms with van der Waals surface area (Å²) in [6.07, 6.45) is 1.10. The zero-order valence-electron chi connectivity index (χ0n) is 12.5. The van der Waals surface area contributed by atoms with Crippen molar-refractivity contribution in [2.45, 2.75) is 58.6 Å². The number of amides is 1. The Morgan fingerprint density at radius 1 is 1.30 bits per heavy atom. The van der Waals surface area contributed by atoms with E-state index in [2.05, 4.69) is 10.6 Å². The Morgan fingerprint density at radius 3 is 2.35 bits per heavy atom. The minimum absolute atomic E-state index is 0.354. The Balaban J connectivity index is 4.08. The van der Waals surface area contributed by atoms with Gasteiger partial charge < -0.3 is 20.5 Å². The van der Waals surface area contributed by atoms with Gasteiger partial charge in [0.05, 0.1) is 4.99 Å². The highest BCUT2D eigenvalue weighted by Gasteiger charge is 2.23. The molecule has 3 N–H and O–H groups in total. The fourth-order valence-corrected chi connectivity index (χ4v) is 1.55. The summed E-state index contributed by atoms with van der Waals surface area (Å²) in [6.45, 7) is 7.67. The van der Waals surface area contributed by atoms with Crippen molar-refractivity contribution in [1.29, 1.82) is 0 Å². The van der Waals surface area contributed by atoms with Crippen LogP contribution in [0.15, 0.2) is 0 Å². The second kappa shape index (κ2) is 8.73. The molecule has 0 aliphatic heterocycles. The number of unbranched alkanes of at least 4 members (excludes halogenated alkanes) is 1. The molecule has 7 heteroatoms. The topological polar surface area (TPSA) is 87.7 Å². The standard InChI is InChI=1S/C13H24N2O4S/c1-9(20)14-8-6-5-7-10(11(16)17)15-12(18)19-13(2,3)4/h10H,5-8H2,1-4H3,(H,14,20)(H,15,18)(H,16,17)/t10-/m0/s1. The Hall–Kier alpha value is -1.37. The number of hydrogen-bond donors (Lipinski definition) is 3. The van der Waals surface area contributed by atoms with Crippen molar-refractivity contribution in [2.24, 2.45) is 0 Å². The van der Waals surface area contributed by atoms with Crippen LogP contribution in [0, 0.1) is 0 Å². The van der Waals surface area contributed by atoms with Gasteiger partial charge in [-0.15, -0.1) is 0 Å². The van der Waals surface area contributed by atoms with Crippen LogP contribution >= 0.6 is 12.2 Å². The highest BCUT2D eigenvalue weighted by atomic mass is 32.1. The zero-order valence-corrected chi connectivity index (χ0v) is 13.3. The van der Waals surface area contributed by atoms with Crippen molar-refractivity contribution >= 4 is 29.3 Å². The number of nitrogens with one attached hydrogen (secondary N) is 2. The van der Waals surface area contributed by atoms with E-state index >= 15 is 0 Å². The molecule has 1 amide bonds.